The molecule has 0 radical (unpaired) electrons. The topological polar surface area (TPSA) is 61.6 Å². The van der Waals surface area contributed by atoms with Crippen molar-refractivity contribution < 1.29 is 0 Å². The average Bonchev–Trinajstić information content (AvgIpc) is 2.43. The minimum atomic E-state index is 0.539. The van der Waals surface area contributed by atoms with E-state index in [-0.39, 0.29) is 0 Å². The number of hydrogen-bond acceptors (Lipinski definition) is 4. The average molecular weight is 287 g/mol. The first-order chi connectivity index (χ1) is 9.61. The van der Waals surface area contributed by atoms with Gasteiger partial charge in [0.05, 0.1) is 5.69 Å². The highest BCUT2D eigenvalue weighted by Crippen LogP contribution is 2.17. The fourth-order valence-corrected chi connectivity index (χ4v) is 2.10. The number of nitrogens with zero attached hydrogens (tertiary/aromatic N) is 3. The second-order valence-electron chi connectivity index (χ2n) is 4.55. The molecular formula is C15H15ClN4. The van der Waals surface area contributed by atoms with Crippen LogP contribution >= 0.6 is 11.6 Å². The van der Waals surface area contributed by atoms with Crippen LogP contribution in [-0.4, -0.2) is 16.7 Å². The number of anilines is 1. The molecule has 0 atom stereocenters. The number of benzene rings is 1. The first-order valence-corrected chi connectivity index (χ1v) is 6.72. The number of aryl methyl sites for hydroxylation is 1. The van der Waals surface area contributed by atoms with Gasteiger partial charge in [0, 0.05) is 11.6 Å². The van der Waals surface area contributed by atoms with Crippen LogP contribution in [0.5, 0.6) is 0 Å². The van der Waals surface area contributed by atoms with E-state index in [1.54, 1.807) is 0 Å². The molecule has 0 fully saturated rings. The molecule has 2 rings (SSSR count). The van der Waals surface area contributed by atoms with Crippen molar-refractivity contribution in [2.45, 2.75) is 20.3 Å². The van der Waals surface area contributed by atoms with E-state index in [1.165, 1.54) is 0 Å². The lowest BCUT2D eigenvalue weighted by molar-refractivity contribution is 0.927. The van der Waals surface area contributed by atoms with Gasteiger partial charge in [0.2, 0.25) is 0 Å². The van der Waals surface area contributed by atoms with Crippen molar-refractivity contribution in [3.05, 3.63) is 51.7 Å². The van der Waals surface area contributed by atoms with Crippen molar-refractivity contribution in [1.29, 1.82) is 5.26 Å². The highest BCUT2D eigenvalue weighted by Gasteiger charge is 2.10. The molecule has 5 heteroatoms. The summed E-state index contributed by atoms with van der Waals surface area (Å²) in [6, 6.07) is 9.90. The van der Waals surface area contributed by atoms with E-state index in [9.17, 15) is 5.26 Å². The van der Waals surface area contributed by atoms with Gasteiger partial charge in [0.1, 0.15) is 11.6 Å². The zero-order valence-electron chi connectivity index (χ0n) is 11.4. The minimum Gasteiger partial charge on any atom is -0.367 e. The minimum absolute atomic E-state index is 0.539. The van der Waals surface area contributed by atoms with Crippen LogP contribution in [0, 0.1) is 25.2 Å². The van der Waals surface area contributed by atoms with Crippen molar-refractivity contribution in [2.24, 2.45) is 0 Å². The number of nitrogens with one attached hydrogen (secondary N) is 1. The fraction of sp³-hybridized carbons (Fsp3) is 0.267. The van der Waals surface area contributed by atoms with E-state index in [0.29, 0.717) is 17.9 Å². The zero-order chi connectivity index (χ0) is 14.5. The normalized spacial score (nSPS) is 10.1. The van der Waals surface area contributed by atoms with Gasteiger partial charge >= 0.3 is 0 Å². The molecule has 0 aliphatic rings. The van der Waals surface area contributed by atoms with Crippen molar-refractivity contribution in [3.8, 4) is 6.07 Å². The molecule has 0 spiro atoms. The lowest BCUT2D eigenvalue weighted by Gasteiger charge is -2.09. The Bertz CT molecular complexity index is 661. The van der Waals surface area contributed by atoms with Crippen LogP contribution < -0.4 is 5.32 Å². The first-order valence-electron chi connectivity index (χ1n) is 6.34. The van der Waals surface area contributed by atoms with E-state index in [2.05, 4.69) is 21.6 Å². The van der Waals surface area contributed by atoms with E-state index in [1.807, 2.05) is 38.1 Å². The van der Waals surface area contributed by atoms with E-state index < -0.39 is 0 Å². The van der Waals surface area contributed by atoms with E-state index in [0.717, 1.165) is 28.3 Å². The second-order valence-corrected chi connectivity index (χ2v) is 4.99. The molecule has 102 valence electrons. The zero-order valence-corrected chi connectivity index (χ0v) is 12.2. The molecular weight excluding hydrogens is 272 g/mol. The predicted molar refractivity (Wildman–Crippen MR) is 79.9 cm³/mol. The summed E-state index contributed by atoms with van der Waals surface area (Å²) in [6.45, 7) is 4.40. The number of hydrogen-bond donors (Lipinski definition) is 1. The van der Waals surface area contributed by atoms with Crippen LogP contribution in [0.25, 0.3) is 0 Å². The van der Waals surface area contributed by atoms with E-state index in [4.69, 9.17) is 11.6 Å². The standard InChI is InChI=1S/C15H15ClN4/c1-10-11(2)19-20-15(14(10)9-17)18-7-6-12-4-3-5-13(16)8-12/h3-5,8H,6-7H2,1-2H3,(H,18,20). The smallest absolute Gasteiger partial charge is 0.166 e. The van der Waals surface area contributed by atoms with Gasteiger partial charge in [-0.25, -0.2) is 0 Å². The molecule has 0 aliphatic carbocycles. The molecule has 1 aromatic heterocycles. The number of rotatable bonds is 4. The quantitative estimate of drug-likeness (QED) is 0.937. The molecule has 4 nitrogen and oxygen atoms in total. The summed E-state index contributed by atoms with van der Waals surface area (Å²) in [6.07, 6.45) is 0.806. The van der Waals surface area contributed by atoms with E-state index >= 15 is 0 Å². The lowest BCUT2D eigenvalue weighted by Crippen LogP contribution is -2.10. The summed E-state index contributed by atoms with van der Waals surface area (Å²) >= 11 is 5.94. The first kappa shape index (κ1) is 14.3. The Hall–Kier alpha value is -2.12. The Morgan fingerprint density at radius 3 is 2.80 bits per heavy atom. The summed E-state index contributed by atoms with van der Waals surface area (Å²) < 4.78 is 0. The molecule has 0 amide bonds. The highest BCUT2D eigenvalue weighted by atomic mass is 35.5. The van der Waals surface area contributed by atoms with Gasteiger partial charge in [-0.05, 0) is 43.5 Å². The molecule has 0 unspecified atom stereocenters. The van der Waals surface area contributed by atoms with Gasteiger partial charge in [0.15, 0.2) is 5.82 Å². The maximum Gasteiger partial charge on any atom is 0.166 e. The molecule has 0 saturated heterocycles. The lowest BCUT2D eigenvalue weighted by atomic mass is 10.1. The fourth-order valence-electron chi connectivity index (χ4n) is 1.89. The number of halogens is 1. The summed E-state index contributed by atoms with van der Waals surface area (Å²) in [7, 11) is 0. The maximum atomic E-state index is 9.20. The largest absolute Gasteiger partial charge is 0.367 e. The van der Waals surface area contributed by atoms with Crippen LogP contribution in [0.2, 0.25) is 5.02 Å². The second kappa shape index (κ2) is 6.36. The van der Waals surface area contributed by atoms with Crippen molar-refractivity contribution in [2.75, 3.05) is 11.9 Å². The third-order valence-electron chi connectivity index (χ3n) is 3.16. The molecule has 0 bridgehead atoms. The molecule has 1 N–H and O–H groups in total. The summed E-state index contributed by atoms with van der Waals surface area (Å²) in [5.74, 6) is 0.539. The van der Waals surface area contributed by atoms with Gasteiger partial charge < -0.3 is 5.32 Å². The Labute approximate surface area is 123 Å². The Kier molecular flexibility index (Phi) is 4.54. The monoisotopic (exact) mass is 286 g/mol. The van der Waals surface area contributed by atoms with Crippen LogP contribution in [0.1, 0.15) is 22.4 Å². The third-order valence-corrected chi connectivity index (χ3v) is 3.40. The van der Waals surface area contributed by atoms with Gasteiger partial charge in [0.25, 0.3) is 0 Å². The number of aromatic nitrogens is 2. The van der Waals surface area contributed by atoms with Crippen molar-refractivity contribution in [1.82, 2.24) is 10.2 Å². The Morgan fingerprint density at radius 2 is 2.10 bits per heavy atom. The molecule has 2 aromatic rings. The Balaban J connectivity index is 2.05. The third kappa shape index (κ3) is 3.25. The Morgan fingerprint density at radius 1 is 1.30 bits per heavy atom. The van der Waals surface area contributed by atoms with Gasteiger partial charge in [-0.15, -0.1) is 5.10 Å². The predicted octanol–water partition coefficient (Wildman–Crippen LogP) is 3.27. The van der Waals surface area contributed by atoms with Crippen molar-refractivity contribution in [3.63, 3.8) is 0 Å². The molecule has 1 heterocycles. The van der Waals surface area contributed by atoms with Crippen molar-refractivity contribution >= 4 is 17.4 Å². The van der Waals surface area contributed by atoms with Gasteiger partial charge in [-0.1, -0.05) is 23.7 Å². The van der Waals surface area contributed by atoms with Crippen LogP contribution in [0.15, 0.2) is 24.3 Å². The van der Waals surface area contributed by atoms with Gasteiger partial charge in [-0.3, -0.25) is 0 Å². The molecule has 0 saturated carbocycles. The molecule has 20 heavy (non-hydrogen) atoms. The van der Waals surface area contributed by atoms with Gasteiger partial charge in [-0.2, -0.15) is 10.4 Å². The highest BCUT2D eigenvalue weighted by molar-refractivity contribution is 6.30. The summed E-state index contributed by atoms with van der Waals surface area (Å²) in [4.78, 5) is 0. The summed E-state index contributed by atoms with van der Waals surface area (Å²) in [5, 5.41) is 21.2. The van der Waals surface area contributed by atoms with Crippen LogP contribution in [0.3, 0.4) is 0 Å². The SMILES string of the molecule is Cc1nnc(NCCc2cccc(Cl)c2)c(C#N)c1C. The van der Waals surface area contributed by atoms with Crippen LogP contribution in [0.4, 0.5) is 5.82 Å². The molecule has 0 aliphatic heterocycles. The summed E-state index contributed by atoms with van der Waals surface area (Å²) in [5.41, 5.74) is 3.35. The molecule has 1 aromatic carbocycles. The number of nitriles is 1. The maximum absolute atomic E-state index is 9.20. The van der Waals surface area contributed by atoms with Crippen LogP contribution in [-0.2, 0) is 6.42 Å².